The molecule has 1 aliphatic heterocycles. The molecular formula is C9H15N3O2. The molecule has 0 saturated carbocycles. The topological polar surface area (TPSA) is 50.4 Å². The minimum Gasteiger partial charge on any atom is -0.455 e. The third kappa shape index (κ3) is 2.05. The van der Waals surface area contributed by atoms with E-state index in [9.17, 15) is 0 Å². The predicted molar refractivity (Wildman–Crippen MR) is 51.1 cm³/mol. The van der Waals surface area contributed by atoms with Crippen molar-refractivity contribution in [3.05, 3.63) is 12.3 Å². The van der Waals surface area contributed by atoms with Crippen LogP contribution in [-0.4, -0.2) is 47.6 Å². The van der Waals surface area contributed by atoms with Gasteiger partial charge < -0.3 is 9.47 Å². The Bertz CT molecular complexity index is 263. The predicted octanol–water partition coefficient (Wildman–Crippen LogP) is 0.467. The van der Waals surface area contributed by atoms with E-state index in [0.29, 0.717) is 12.5 Å². The number of rotatable bonds is 3. The van der Waals surface area contributed by atoms with Crippen molar-refractivity contribution in [1.29, 1.82) is 0 Å². The van der Waals surface area contributed by atoms with E-state index in [0.717, 1.165) is 19.7 Å². The number of morpholine rings is 1. The normalized spacial score (nSPS) is 23.6. The molecule has 0 bridgehead atoms. The van der Waals surface area contributed by atoms with Gasteiger partial charge in [-0.05, 0) is 6.54 Å². The molecular weight excluding hydrogens is 182 g/mol. The summed E-state index contributed by atoms with van der Waals surface area (Å²) in [6.45, 7) is 5.41. The van der Waals surface area contributed by atoms with Crippen molar-refractivity contribution in [2.75, 3.05) is 26.3 Å². The molecule has 0 spiro atoms. The van der Waals surface area contributed by atoms with E-state index in [4.69, 9.17) is 9.47 Å². The summed E-state index contributed by atoms with van der Waals surface area (Å²) in [5.41, 5.74) is 0. The molecule has 0 amide bonds. The number of likely N-dealkylation sites (N-methyl/N-ethyl adjacent to an activating group) is 1. The Morgan fingerprint density at radius 3 is 3.43 bits per heavy atom. The first kappa shape index (κ1) is 9.48. The van der Waals surface area contributed by atoms with Crippen molar-refractivity contribution >= 4 is 0 Å². The Hall–Kier alpha value is -1.07. The highest BCUT2D eigenvalue weighted by molar-refractivity contribution is 5.04. The van der Waals surface area contributed by atoms with Gasteiger partial charge in [0, 0.05) is 18.8 Å². The zero-order valence-corrected chi connectivity index (χ0v) is 8.27. The number of nitrogens with one attached hydrogen (secondary N) is 1. The zero-order chi connectivity index (χ0) is 9.80. The zero-order valence-electron chi connectivity index (χ0n) is 8.27. The molecule has 0 aliphatic carbocycles. The molecule has 1 aromatic heterocycles. The second-order valence-electron chi connectivity index (χ2n) is 3.19. The van der Waals surface area contributed by atoms with Gasteiger partial charge in [-0.3, -0.25) is 10.00 Å². The van der Waals surface area contributed by atoms with Gasteiger partial charge in [0.05, 0.1) is 13.2 Å². The summed E-state index contributed by atoms with van der Waals surface area (Å²) in [7, 11) is 0. The highest BCUT2D eigenvalue weighted by Crippen LogP contribution is 2.12. The van der Waals surface area contributed by atoms with E-state index in [1.165, 1.54) is 0 Å². The second kappa shape index (κ2) is 4.43. The van der Waals surface area contributed by atoms with Gasteiger partial charge in [0.25, 0.3) is 0 Å². The lowest BCUT2D eigenvalue weighted by Gasteiger charge is -2.33. The van der Waals surface area contributed by atoms with Crippen LogP contribution >= 0.6 is 0 Å². The summed E-state index contributed by atoms with van der Waals surface area (Å²) < 4.78 is 11.0. The second-order valence-corrected chi connectivity index (χ2v) is 3.19. The average Bonchev–Trinajstić information content (AvgIpc) is 2.71. The highest BCUT2D eigenvalue weighted by Gasteiger charge is 2.23. The number of aromatic nitrogens is 2. The summed E-state index contributed by atoms with van der Waals surface area (Å²) in [6, 6.07) is 1.81. The van der Waals surface area contributed by atoms with Gasteiger partial charge in [-0.2, -0.15) is 0 Å². The van der Waals surface area contributed by atoms with Gasteiger partial charge in [-0.15, -0.1) is 5.10 Å². The quantitative estimate of drug-likeness (QED) is 0.765. The van der Waals surface area contributed by atoms with E-state index in [-0.39, 0.29) is 6.23 Å². The Balaban J connectivity index is 1.94. The molecule has 1 unspecified atom stereocenters. The molecule has 14 heavy (non-hydrogen) atoms. The van der Waals surface area contributed by atoms with Gasteiger partial charge in [0.2, 0.25) is 5.88 Å². The third-order valence-corrected chi connectivity index (χ3v) is 2.33. The molecule has 1 aliphatic rings. The van der Waals surface area contributed by atoms with Crippen LogP contribution in [0, 0.1) is 0 Å². The fourth-order valence-electron chi connectivity index (χ4n) is 1.54. The highest BCUT2D eigenvalue weighted by atomic mass is 16.6. The molecule has 5 nitrogen and oxygen atoms in total. The van der Waals surface area contributed by atoms with Crippen LogP contribution in [0.15, 0.2) is 12.3 Å². The molecule has 1 atom stereocenters. The number of nitrogens with zero attached hydrogens (tertiary/aromatic N) is 2. The summed E-state index contributed by atoms with van der Waals surface area (Å²) in [5.74, 6) is 0.624. The fraction of sp³-hybridized carbons (Fsp3) is 0.667. The van der Waals surface area contributed by atoms with Crippen molar-refractivity contribution < 1.29 is 9.47 Å². The minimum atomic E-state index is -0.00273. The number of hydrogen-bond acceptors (Lipinski definition) is 4. The lowest BCUT2D eigenvalue weighted by Crippen LogP contribution is -2.48. The van der Waals surface area contributed by atoms with Crippen LogP contribution in [0.1, 0.15) is 6.92 Å². The first-order valence-electron chi connectivity index (χ1n) is 4.88. The van der Waals surface area contributed by atoms with Gasteiger partial charge in [-0.1, -0.05) is 6.92 Å². The maximum atomic E-state index is 5.66. The van der Waals surface area contributed by atoms with Crippen LogP contribution in [0.2, 0.25) is 0 Å². The molecule has 2 rings (SSSR count). The Labute approximate surface area is 83.0 Å². The van der Waals surface area contributed by atoms with Gasteiger partial charge >= 0.3 is 0 Å². The van der Waals surface area contributed by atoms with Gasteiger partial charge in [0.15, 0.2) is 6.23 Å². The lowest BCUT2D eigenvalue weighted by atomic mass is 10.4. The first-order chi connectivity index (χ1) is 6.90. The molecule has 1 saturated heterocycles. The maximum Gasteiger partial charge on any atom is 0.234 e. The number of hydrogen-bond donors (Lipinski definition) is 1. The summed E-state index contributed by atoms with van der Waals surface area (Å²) in [6.07, 6.45) is 1.74. The van der Waals surface area contributed by atoms with E-state index < -0.39 is 0 Å². The largest absolute Gasteiger partial charge is 0.455 e. The molecule has 0 radical (unpaired) electrons. The molecule has 1 fully saturated rings. The van der Waals surface area contributed by atoms with E-state index in [2.05, 4.69) is 22.0 Å². The lowest BCUT2D eigenvalue weighted by molar-refractivity contribution is -0.0904. The van der Waals surface area contributed by atoms with Crippen molar-refractivity contribution in [3.8, 4) is 5.88 Å². The fourth-order valence-corrected chi connectivity index (χ4v) is 1.54. The van der Waals surface area contributed by atoms with E-state index >= 15 is 0 Å². The third-order valence-electron chi connectivity index (χ3n) is 2.33. The first-order valence-corrected chi connectivity index (χ1v) is 4.88. The van der Waals surface area contributed by atoms with Crippen molar-refractivity contribution in [3.63, 3.8) is 0 Å². The minimum absolute atomic E-state index is 0.00273. The number of aromatic amines is 1. The molecule has 5 heteroatoms. The van der Waals surface area contributed by atoms with Gasteiger partial charge in [-0.25, -0.2) is 0 Å². The Kier molecular flexibility index (Phi) is 3.00. The smallest absolute Gasteiger partial charge is 0.234 e. The molecule has 0 aromatic carbocycles. The van der Waals surface area contributed by atoms with Crippen molar-refractivity contribution in [2.45, 2.75) is 13.2 Å². The Morgan fingerprint density at radius 1 is 1.79 bits per heavy atom. The number of H-pyrrole nitrogens is 1. The SMILES string of the molecule is CCN1CCOCC1Oc1cc[nH]n1. The van der Waals surface area contributed by atoms with Crippen LogP contribution in [0.25, 0.3) is 0 Å². The van der Waals surface area contributed by atoms with Gasteiger partial charge in [0.1, 0.15) is 0 Å². The Morgan fingerprint density at radius 2 is 2.71 bits per heavy atom. The van der Waals surface area contributed by atoms with Crippen LogP contribution in [0.5, 0.6) is 5.88 Å². The molecule has 1 aromatic rings. The van der Waals surface area contributed by atoms with Crippen molar-refractivity contribution in [2.24, 2.45) is 0 Å². The average molecular weight is 197 g/mol. The molecule has 78 valence electrons. The van der Waals surface area contributed by atoms with Crippen molar-refractivity contribution in [1.82, 2.24) is 15.1 Å². The van der Waals surface area contributed by atoms with Crippen LogP contribution < -0.4 is 4.74 Å². The van der Waals surface area contributed by atoms with Crippen LogP contribution in [0.3, 0.4) is 0 Å². The maximum absolute atomic E-state index is 5.66. The van der Waals surface area contributed by atoms with Crippen LogP contribution in [-0.2, 0) is 4.74 Å². The summed E-state index contributed by atoms with van der Waals surface area (Å²) in [4.78, 5) is 2.23. The number of ether oxygens (including phenoxy) is 2. The van der Waals surface area contributed by atoms with Crippen LogP contribution in [0.4, 0.5) is 0 Å². The standard InChI is InChI=1S/C9H15N3O2/c1-2-12-5-6-13-7-9(12)14-8-3-4-10-11-8/h3-4,9H,2,5-7H2,1H3,(H,10,11). The molecule has 2 heterocycles. The van der Waals surface area contributed by atoms with E-state index in [1.807, 2.05) is 6.07 Å². The van der Waals surface area contributed by atoms with E-state index in [1.54, 1.807) is 6.20 Å². The monoisotopic (exact) mass is 197 g/mol. The summed E-state index contributed by atoms with van der Waals surface area (Å²) >= 11 is 0. The molecule has 1 N–H and O–H groups in total. The summed E-state index contributed by atoms with van der Waals surface area (Å²) in [5, 5.41) is 6.67.